The lowest BCUT2D eigenvalue weighted by Gasteiger charge is -2.12. The second kappa shape index (κ2) is 5.91. The van der Waals surface area contributed by atoms with Gasteiger partial charge in [0, 0.05) is 3.57 Å². The van der Waals surface area contributed by atoms with Gasteiger partial charge in [0.15, 0.2) is 0 Å². The third-order valence-corrected chi connectivity index (χ3v) is 4.09. The summed E-state index contributed by atoms with van der Waals surface area (Å²) in [4.78, 5) is 27.0. The van der Waals surface area contributed by atoms with Gasteiger partial charge in [0.2, 0.25) is 0 Å². The highest BCUT2D eigenvalue weighted by Crippen LogP contribution is 2.22. The highest BCUT2D eigenvalue weighted by atomic mass is 127. The molecule has 7 heteroatoms. The molecule has 0 aliphatic rings. The van der Waals surface area contributed by atoms with Crippen LogP contribution in [0.5, 0.6) is 0 Å². The van der Waals surface area contributed by atoms with Crippen molar-refractivity contribution in [2.45, 2.75) is 19.8 Å². The Labute approximate surface area is 138 Å². The summed E-state index contributed by atoms with van der Waals surface area (Å²) >= 11 is 14.2. The summed E-state index contributed by atoms with van der Waals surface area (Å²) in [6, 6.07) is 5.10. The lowest BCUT2D eigenvalue weighted by atomic mass is 10.1. The van der Waals surface area contributed by atoms with Crippen molar-refractivity contribution in [3.05, 3.63) is 58.3 Å². The minimum Gasteiger partial charge on any atom is -0.297 e. The maximum absolute atomic E-state index is 12.5. The molecule has 20 heavy (non-hydrogen) atoms. The second-order valence-electron chi connectivity index (χ2n) is 4.55. The third-order valence-electron chi connectivity index (χ3n) is 2.82. The molecule has 1 aromatic heterocycles. The maximum Gasteiger partial charge on any atom is 0.334 e. The summed E-state index contributed by atoms with van der Waals surface area (Å²) in [6.07, 6.45) is 0. The van der Waals surface area contributed by atoms with Crippen molar-refractivity contribution >= 4 is 45.8 Å². The minimum atomic E-state index is -0.604. The zero-order valence-electron chi connectivity index (χ0n) is 10.7. The number of nitrogens with zero attached hydrogens (tertiary/aromatic N) is 1. The Kier molecular flexibility index (Phi) is 4.61. The molecular formula is C13H11Cl2IN2O2. The first-order valence-corrected chi connectivity index (χ1v) is 7.66. The fraction of sp³-hybridized carbons (Fsp3) is 0.231. The molecule has 106 valence electrons. The lowest BCUT2D eigenvalue weighted by Crippen LogP contribution is -2.36. The molecule has 0 saturated heterocycles. The molecule has 0 aliphatic heterocycles. The van der Waals surface area contributed by atoms with Crippen molar-refractivity contribution in [1.29, 1.82) is 0 Å². The molecule has 4 nitrogen and oxygen atoms in total. The molecule has 0 unspecified atom stereocenters. The van der Waals surface area contributed by atoms with Crippen LogP contribution in [0.3, 0.4) is 0 Å². The van der Waals surface area contributed by atoms with Crippen LogP contribution in [0.1, 0.15) is 25.3 Å². The van der Waals surface area contributed by atoms with Crippen LogP contribution in [0.25, 0.3) is 5.69 Å². The summed E-state index contributed by atoms with van der Waals surface area (Å²) in [7, 11) is 0. The van der Waals surface area contributed by atoms with E-state index < -0.39 is 11.2 Å². The standard InChI is InChI=1S/C13H11Cl2IN2O2/c1-6(2)10-11(15)17-13(20)18(12(10)19)9-4-3-7(16)5-8(9)14/h3-6H,1-2H3,(H,17,20). The second-order valence-corrected chi connectivity index (χ2v) is 6.58. The number of halogens is 3. The van der Waals surface area contributed by atoms with Crippen LogP contribution in [0.2, 0.25) is 10.2 Å². The summed E-state index contributed by atoms with van der Waals surface area (Å²) < 4.78 is 1.93. The maximum atomic E-state index is 12.5. The predicted molar refractivity (Wildman–Crippen MR) is 89.5 cm³/mol. The van der Waals surface area contributed by atoms with Gasteiger partial charge in [-0.25, -0.2) is 9.36 Å². The van der Waals surface area contributed by atoms with Gasteiger partial charge in [0.1, 0.15) is 5.15 Å². The molecular weight excluding hydrogens is 414 g/mol. The van der Waals surface area contributed by atoms with Crippen molar-refractivity contribution < 1.29 is 0 Å². The van der Waals surface area contributed by atoms with E-state index in [1.807, 2.05) is 13.8 Å². The van der Waals surface area contributed by atoms with Gasteiger partial charge in [-0.3, -0.25) is 9.78 Å². The van der Waals surface area contributed by atoms with Crippen molar-refractivity contribution in [2.75, 3.05) is 0 Å². The topological polar surface area (TPSA) is 54.9 Å². The van der Waals surface area contributed by atoms with E-state index in [2.05, 4.69) is 27.6 Å². The Morgan fingerprint density at radius 2 is 1.90 bits per heavy atom. The summed E-state index contributed by atoms with van der Waals surface area (Å²) in [6.45, 7) is 3.67. The van der Waals surface area contributed by atoms with Gasteiger partial charge in [-0.2, -0.15) is 0 Å². The molecule has 2 rings (SSSR count). The van der Waals surface area contributed by atoms with Crippen LogP contribution >= 0.6 is 45.8 Å². The van der Waals surface area contributed by atoms with Crippen molar-refractivity contribution in [1.82, 2.24) is 9.55 Å². The van der Waals surface area contributed by atoms with E-state index in [1.165, 1.54) is 0 Å². The minimum absolute atomic E-state index is 0.0767. The van der Waals surface area contributed by atoms with Gasteiger partial charge in [-0.15, -0.1) is 0 Å². The molecule has 1 heterocycles. The number of hydrogen-bond acceptors (Lipinski definition) is 2. The largest absolute Gasteiger partial charge is 0.334 e. The smallest absolute Gasteiger partial charge is 0.297 e. The van der Waals surface area contributed by atoms with E-state index in [-0.39, 0.29) is 11.1 Å². The van der Waals surface area contributed by atoms with Crippen LogP contribution in [-0.2, 0) is 0 Å². The summed E-state index contributed by atoms with van der Waals surface area (Å²) in [5.74, 6) is -0.110. The van der Waals surface area contributed by atoms with E-state index in [0.717, 1.165) is 8.14 Å². The van der Waals surface area contributed by atoms with Crippen LogP contribution in [0, 0.1) is 3.57 Å². The average molecular weight is 425 g/mol. The number of benzene rings is 1. The number of rotatable bonds is 2. The number of aromatic nitrogens is 2. The molecule has 0 radical (unpaired) electrons. The summed E-state index contributed by atoms with van der Waals surface area (Å²) in [5, 5.41) is 0.411. The Morgan fingerprint density at radius 1 is 1.25 bits per heavy atom. The molecule has 0 aliphatic carbocycles. The zero-order valence-corrected chi connectivity index (χ0v) is 14.4. The normalized spacial score (nSPS) is 11.1. The van der Waals surface area contributed by atoms with E-state index in [4.69, 9.17) is 23.2 Å². The predicted octanol–water partition coefficient (Wildman–Crippen LogP) is 3.56. The van der Waals surface area contributed by atoms with Gasteiger partial charge in [0.05, 0.1) is 16.3 Å². The van der Waals surface area contributed by atoms with E-state index in [0.29, 0.717) is 16.3 Å². The molecule has 0 fully saturated rings. The van der Waals surface area contributed by atoms with Crippen molar-refractivity contribution in [3.63, 3.8) is 0 Å². The quantitative estimate of drug-likeness (QED) is 0.591. The van der Waals surface area contributed by atoms with Crippen LogP contribution in [0.4, 0.5) is 0 Å². The van der Waals surface area contributed by atoms with Crippen LogP contribution in [0.15, 0.2) is 27.8 Å². The molecule has 0 atom stereocenters. The van der Waals surface area contributed by atoms with Crippen LogP contribution < -0.4 is 11.2 Å². The highest BCUT2D eigenvalue weighted by molar-refractivity contribution is 14.1. The number of H-pyrrole nitrogens is 1. The molecule has 1 aromatic carbocycles. The Bertz CT molecular complexity index is 781. The van der Waals surface area contributed by atoms with Gasteiger partial charge in [0.25, 0.3) is 5.56 Å². The van der Waals surface area contributed by atoms with E-state index in [9.17, 15) is 9.59 Å². The lowest BCUT2D eigenvalue weighted by molar-refractivity contribution is 0.777. The van der Waals surface area contributed by atoms with E-state index >= 15 is 0 Å². The molecule has 0 amide bonds. The summed E-state index contributed by atoms with van der Waals surface area (Å²) in [5.41, 5.74) is -0.345. The Balaban J connectivity index is 2.85. The first kappa shape index (κ1) is 15.6. The van der Waals surface area contributed by atoms with Crippen molar-refractivity contribution in [3.8, 4) is 5.69 Å². The van der Waals surface area contributed by atoms with Gasteiger partial charge in [-0.05, 0) is 46.7 Å². The number of hydrogen-bond donors (Lipinski definition) is 1. The molecule has 0 spiro atoms. The van der Waals surface area contributed by atoms with Gasteiger partial charge in [-0.1, -0.05) is 37.0 Å². The first-order chi connectivity index (χ1) is 9.32. The third kappa shape index (κ3) is 2.80. The molecule has 1 N–H and O–H groups in total. The highest BCUT2D eigenvalue weighted by Gasteiger charge is 2.18. The average Bonchev–Trinajstić information content (AvgIpc) is 2.30. The Morgan fingerprint density at radius 3 is 2.45 bits per heavy atom. The number of aromatic amines is 1. The van der Waals surface area contributed by atoms with Gasteiger partial charge < -0.3 is 0 Å². The Hall–Kier alpha value is -0.790. The fourth-order valence-corrected chi connectivity index (χ4v) is 3.23. The molecule has 2 aromatic rings. The van der Waals surface area contributed by atoms with Crippen molar-refractivity contribution in [2.24, 2.45) is 0 Å². The number of nitrogens with one attached hydrogen (secondary N) is 1. The van der Waals surface area contributed by atoms with Crippen LogP contribution in [-0.4, -0.2) is 9.55 Å². The fourth-order valence-electron chi connectivity index (χ4n) is 1.91. The molecule has 0 saturated carbocycles. The first-order valence-electron chi connectivity index (χ1n) is 5.83. The molecule has 0 bridgehead atoms. The van der Waals surface area contributed by atoms with E-state index in [1.54, 1.807) is 18.2 Å². The monoisotopic (exact) mass is 424 g/mol. The SMILES string of the molecule is CC(C)c1c(Cl)[nH]c(=O)n(-c2ccc(I)cc2Cl)c1=O. The zero-order chi connectivity index (χ0) is 15.0. The van der Waals surface area contributed by atoms with Gasteiger partial charge >= 0.3 is 5.69 Å².